The Hall–Kier alpha value is -3.50. The molecule has 3 N–H and O–H groups in total. The molecule has 2 heterocycles. The van der Waals surface area contributed by atoms with Crippen LogP contribution < -0.4 is 10.3 Å². The van der Waals surface area contributed by atoms with Gasteiger partial charge >= 0.3 is 5.30 Å². The fourth-order valence-corrected chi connectivity index (χ4v) is 4.39. The second-order valence-corrected chi connectivity index (χ2v) is 7.87. The molecule has 0 aliphatic rings. The summed E-state index contributed by atoms with van der Waals surface area (Å²) in [5, 5.41) is 16.0. The molecule has 2 aromatic carbocycles. The normalized spacial score (nSPS) is 10.8. The third kappa shape index (κ3) is 3.82. The molecule has 0 saturated heterocycles. The molecule has 0 amide bonds. The van der Waals surface area contributed by atoms with Gasteiger partial charge in [0.1, 0.15) is 15.7 Å². The minimum atomic E-state index is -0.765. The monoisotopic (exact) mass is 439 g/mol. The van der Waals surface area contributed by atoms with E-state index in [0.717, 1.165) is 21.9 Å². The quantitative estimate of drug-likeness (QED) is 0.128. The first kappa shape index (κ1) is 19.8. The maximum absolute atomic E-state index is 12.3. The van der Waals surface area contributed by atoms with Crippen LogP contribution in [0.2, 0.25) is 0 Å². The molecule has 0 bridgehead atoms. The van der Waals surface area contributed by atoms with E-state index in [1.54, 1.807) is 12.1 Å². The minimum absolute atomic E-state index is 0.115. The number of rotatable bonds is 5. The van der Waals surface area contributed by atoms with E-state index in [2.05, 4.69) is 24.7 Å². The predicted molar refractivity (Wildman–Crippen MR) is 117 cm³/mol. The number of benzene rings is 2. The number of carbonyl (C=O) groups is 1. The van der Waals surface area contributed by atoms with Crippen LogP contribution in [0, 0.1) is 0 Å². The standard InChI is InChI=1S/C19H13N5O4S2/c20-23-24-28-19(27)30-21-9-10-1-3-11(4-2-10)15-14(25)6-5-13-16(15)12-7-8-29-17(12)18(26)22-13/h1-8,21,25H,9H2,(H,22,26). The van der Waals surface area contributed by atoms with Crippen LogP contribution in [0.5, 0.6) is 5.75 Å². The summed E-state index contributed by atoms with van der Waals surface area (Å²) >= 11 is 2.03. The van der Waals surface area contributed by atoms with E-state index < -0.39 is 5.30 Å². The maximum atomic E-state index is 12.3. The van der Waals surface area contributed by atoms with Crippen molar-refractivity contribution in [2.75, 3.05) is 0 Å². The number of hydrogen-bond acceptors (Lipinski definition) is 8. The van der Waals surface area contributed by atoms with E-state index in [0.29, 0.717) is 34.3 Å². The molecule has 0 aliphatic carbocycles. The van der Waals surface area contributed by atoms with Crippen molar-refractivity contribution >= 4 is 49.6 Å². The molecule has 11 heteroatoms. The molecule has 2 aromatic heterocycles. The van der Waals surface area contributed by atoms with Crippen LogP contribution in [-0.4, -0.2) is 15.4 Å². The molecule has 0 atom stereocenters. The first-order valence-electron chi connectivity index (χ1n) is 8.58. The molecule has 4 aromatic rings. The van der Waals surface area contributed by atoms with Gasteiger partial charge in [-0.05, 0) is 40.2 Å². The van der Waals surface area contributed by atoms with Gasteiger partial charge in [-0.25, -0.2) is 9.52 Å². The van der Waals surface area contributed by atoms with Crippen molar-refractivity contribution in [1.82, 2.24) is 9.71 Å². The number of pyridine rings is 1. The highest BCUT2D eigenvalue weighted by Crippen LogP contribution is 2.39. The SMILES string of the molecule is [N-]=[N+]=NOC(=O)SNCc1ccc(-c2c(O)ccc3[nH]c(=O)c4sccc4c23)cc1. The van der Waals surface area contributed by atoms with Gasteiger partial charge in [0, 0.05) is 45.3 Å². The number of phenolic OH excluding ortho intramolecular Hbond substituents is 1. The molecule has 0 saturated carbocycles. The van der Waals surface area contributed by atoms with Crippen molar-refractivity contribution in [1.29, 1.82) is 0 Å². The Labute approximate surface area is 177 Å². The van der Waals surface area contributed by atoms with E-state index in [4.69, 9.17) is 5.53 Å². The molecular formula is C19H13N5O4S2. The summed E-state index contributed by atoms with van der Waals surface area (Å²) in [6.45, 7) is 0.361. The van der Waals surface area contributed by atoms with Gasteiger partial charge in [0.2, 0.25) is 0 Å². The van der Waals surface area contributed by atoms with Crippen molar-refractivity contribution in [3.05, 3.63) is 74.2 Å². The van der Waals surface area contributed by atoms with Gasteiger partial charge in [-0.1, -0.05) is 24.3 Å². The Balaban J connectivity index is 1.64. The Kier molecular flexibility index (Phi) is 5.59. The van der Waals surface area contributed by atoms with Crippen LogP contribution >= 0.6 is 23.3 Å². The second kappa shape index (κ2) is 8.47. The number of azide groups is 1. The van der Waals surface area contributed by atoms with Crippen molar-refractivity contribution < 1.29 is 14.7 Å². The van der Waals surface area contributed by atoms with Gasteiger partial charge in [-0.3, -0.25) is 4.79 Å². The molecule has 0 fully saturated rings. The number of fused-ring (bicyclic) bond motifs is 3. The second-order valence-electron chi connectivity index (χ2n) is 6.13. The average Bonchev–Trinajstić information content (AvgIpc) is 3.24. The number of hydrogen-bond donors (Lipinski definition) is 3. The van der Waals surface area contributed by atoms with E-state index in [1.165, 1.54) is 11.3 Å². The molecule has 0 unspecified atom stereocenters. The van der Waals surface area contributed by atoms with Crippen LogP contribution in [0.3, 0.4) is 0 Å². The first-order chi connectivity index (χ1) is 14.6. The Morgan fingerprint density at radius 1 is 1.27 bits per heavy atom. The van der Waals surface area contributed by atoms with Gasteiger partial charge in [0.15, 0.2) is 0 Å². The summed E-state index contributed by atoms with van der Waals surface area (Å²) in [6.07, 6.45) is 0. The number of nitrogens with one attached hydrogen (secondary N) is 2. The molecule has 30 heavy (non-hydrogen) atoms. The van der Waals surface area contributed by atoms with E-state index in [1.807, 2.05) is 35.7 Å². The summed E-state index contributed by atoms with van der Waals surface area (Å²) in [5.41, 5.74) is 10.9. The number of aromatic amines is 1. The minimum Gasteiger partial charge on any atom is -0.507 e. The number of nitrogens with zero attached hydrogens (tertiary/aromatic N) is 3. The van der Waals surface area contributed by atoms with Crippen LogP contribution in [0.4, 0.5) is 4.79 Å². The van der Waals surface area contributed by atoms with Crippen molar-refractivity contribution in [2.45, 2.75) is 6.54 Å². The summed E-state index contributed by atoms with van der Waals surface area (Å²) in [5.74, 6) is 0.115. The number of carbonyl (C=O) groups excluding carboxylic acids is 1. The average molecular weight is 439 g/mol. The molecule has 4 rings (SSSR count). The number of aromatic hydroxyl groups is 1. The van der Waals surface area contributed by atoms with Gasteiger partial charge in [0.05, 0.1) is 0 Å². The Bertz CT molecular complexity index is 1360. The lowest BCUT2D eigenvalue weighted by molar-refractivity contribution is 0.177. The lowest BCUT2D eigenvalue weighted by Gasteiger charge is -2.11. The fraction of sp³-hybridized carbons (Fsp3) is 0.0526. The first-order valence-corrected chi connectivity index (χ1v) is 10.3. The highest BCUT2D eigenvalue weighted by molar-refractivity contribution is 8.11. The topological polar surface area (TPSA) is 140 Å². The van der Waals surface area contributed by atoms with Crippen LogP contribution in [0.15, 0.2) is 57.9 Å². The molecule has 0 spiro atoms. The summed E-state index contributed by atoms with van der Waals surface area (Å²) in [7, 11) is 0. The maximum Gasteiger partial charge on any atom is 0.394 e. The number of phenols is 1. The van der Waals surface area contributed by atoms with Crippen molar-refractivity contribution in [3.8, 4) is 16.9 Å². The highest BCUT2D eigenvalue weighted by Gasteiger charge is 2.15. The van der Waals surface area contributed by atoms with Crippen LogP contribution in [0.1, 0.15) is 5.56 Å². The number of H-pyrrole nitrogens is 1. The smallest absolute Gasteiger partial charge is 0.394 e. The number of aromatic nitrogens is 1. The van der Waals surface area contributed by atoms with Crippen LogP contribution in [0.25, 0.3) is 42.6 Å². The van der Waals surface area contributed by atoms with E-state index in [-0.39, 0.29) is 11.3 Å². The number of thiophene rings is 1. The largest absolute Gasteiger partial charge is 0.507 e. The van der Waals surface area contributed by atoms with Gasteiger partial charge < -0.3 is 14.9 Å². The zero-order valence-electron chi connectivity index (χ0n) is 15.2. The molecule has 150 valence electrons. The Morgan fingerprint density at radius 2 is 2.07 bits per heavy atom. The van der Waals surface area contributed by atoms with Gasteiger partial charge in [-0.2, -0.15) is 0 Å². The molecule has 0 radical (unpaired) electrons. The van der Waals surface area contributed by atoms with Gasteiger partial charge in [-0.15, -0.1) is 11.3 Å². The summed E-state index contributed by atoms with van der Waals surface area (Å²) in [6, 6.07) is 12.6. The van der Waals surface area contributed by atoms with E-state index >= 15 is 0 Å². The fourth-order valence-electron chi connectivity index (χ4n) is 3.17. The zero-order valence-corrected chi connectivity index (χ0v) is 16.8. The highest BCUT2D eigenvalue weighted by atomic mass is 32.2. The summed E-state index contributed by atoms with van der Waals surface area (Å²) in [4.78, 5) is 33.0. The Morgan fingerprint density at radius 3 is 2.83 bits per heavy atom. The zero-order chi connectivity index (χ0) is 21.1. The van der Waals surface area contributed by atoms with E-state index in [9.17, 15) is 14.7 Å². The lowest BCUT2D eigenvalue weighted by atomic mass is 9.96. The van der Waals surface area contributed by atoms with Crippen molar-refractivity contribution in [3.63, 3.8) is 0 Å². The summed E-state index contributed by atoms with van der Waals surface area (Å²) < 4.78 is 3.42. The third-order valence-corrected chi connectivity index (χ3v) is 5.84. The van der Waals surface area contributed by atoms with Gasteiger partial charge in [0.25, 0.3) is 5.56 Å². The predicted octanol–water partition coefficient (Wildman–Crippen LogP) is 5.22. The molecular weight excluding hydrogens is 426 g/mol. The third-order valence-electron chi connectivity index (χ3n) is 4.40. The molecule has 0 aliphatic heterocycles. The van der Waals surface area contributed by atoms with Crippen molar-refractivity contribution in [2.24, 2.45) is 5.28 Å². The molecule has 9 nitrogen and oxygen atoms in total. The van der Waals surface area contributed by atoms with Crippen LogP contribution in [-0.2, 0) is 11.4 Å². The lowest BCUT2D eigenvalue weighted by Crippen LogP contribution is -2.07.